The lowest BCUT2D eigenvalue weighted by Crippen LogP contribution is -2.27. The van der Waals surface area contributed by atoms with E-state index in [1.54, 1.807) is 0 Å². The summed E-state index contributed by atoms with van der Waals surface area (Å²) < 4.78 is 3.82. The molecule has 0 radical (unpaired) electrons. The first-order valence-corrected chi connectivity index (χ1v) is 6.01. The second-order valence-corrected chi connectivity index (χ2v) is 4.66. The Kier molecular flexibility index (Phi) is 4.68. The molecule has 1 aromatic heterocycles. The van der Waals surface area contributed by atoms with E-state index in [0.29, 0.717) is 17.3 Å². The molecule has 0 fully saturated rings. The number of carbonyl (C=O) groups excluding carboxylic acids is 1. The lowest BCUT2D eigenvalue weighted by Gasteiger charge is -2.06. The SMILES string of the molecule is CCCc1nnsc1C(=O)NCC(C)C. The van der Waals surface area contributed by atoms with Gasteiger partial charge in [-0.25, -0.2) is 0 Å². The summed E-state index contributed by atoms with van der Waals surface area (Å²) in [5, 5.41) is 6.84. The van der Waals surface area contributed by atoms with E-state index in [2.05, 4.69) is 35.7 Å². The molecule has 0 unspecified atom stereocenters. The van der Waals surface area contributed by atoms with Gasteiger partial charge >= 0.3 is 0 Å². The Bertz CT molecular complexity index is 322. The summed E-state index contributed by atoms with van der Waals surface area (Å²) in [4.78, 5) is 12.4. The molecule has 0 aliphatic carbocycles. The smallest absolute Gasteiger partial charge is 0.264 e. The summed E-state index contributed by atoms with van der Waals surface area (Å²) in [5.41, 5.74) is 0.823. The zero-order valence-corrected chi connectivity index (χ0v) is 10.2. The first-order valence-electron chi connectivity index (χ1n) is 5.24. The lowest BCUT2D eigenvalue weighted by atomic mass is 10.2. The molecule has 0 spiro atoms. The second kappa shape index (κ2) is 5.80. The maximum atomic E-state index is 11.7. The fraction of sp³-hybridized carbons (Fsp3) is 0.700. The quantitative estimate of drug-likeness (QED) is 0.835. The molecular formula is C10H17N3OS. The molecule has 0 saturated heterocycles. The molecule has 0 aliphatic rings. The Morgan fingerprint density at radius 3 is 2.87 bits per heavy atom. The van der Waals surface area contributed by atoms with Crippen molar-refractivity contribution >= 4 is 17.4 Å². The number of aryl methyl sites for hydroxylation is 1. The molecule has 15 heavy (non-hydrogen) atoms. The van der Waals surface area contributed by atoms with Gasteiger partial charge in [0.15, 0.2) is 0 Å². The van der Waals surface area contributed by atoms with Crippen molar-refractivity contribution in [1.29, 1.82) is 0 Å². The first-order chi connectivity index (χ1) is 7.15. The second-order valence-electron chi connectivity index (χ2n) is 3.90. The van der Waals surface area contributed by atoms with Gasteiger partial charge in [-0.2, -0.15) is 0 Å². The van der Waals surface area contributed by atoms with Crippen LogP contribution in [0.25, 0.3) is 0 Å². The predicted octanol–water partition coefficient (Wildman–Crippen LogP) is 1.88. The van der Waals surface area contributed by atoms with Crippen molar-refractivity contribution in [2.45, 2.75) is 33.6 Å². The van der Waals surface area contributed by atoms with Crippen LogP contribution in [-0.4, -0.2) is 22.0 Å². The van der Waals surface area contributed by atoms with Crippen molar-refractivity contribution in [2.24, 2.45) is 5.92 Å². The molecule has 4 nitrogen and oxygen atoms in total. The molecule has 0 bridgehead atoms. The zero-order valence-electron chi connectivity index (χ0n) is 9.41. The van der Waals surface area contributed by atoms with E-state index in [9.17, 15) is 4.79 Å². The molecule has 1 amide bonds. The molecule has 1 rings (SSSR count). The van der Waals surface area contributed by atoms with Crippen LogP contribution in [0.5, 0.6) is 0 Å². The van der Waals surface area contributed by atoms with Crippen LogP contribution in [0.3, 0.4) is 0 Å². The molecule has 1 heterocycles. The van der Waals surface area contributed by atoms with Crippen LogP contribution in [-0.2, 0) is 6.42 Å². The largest absolute Gasteiger partial charge is 0.351 e. The van der Waals surface area contributed by atoms with Crippen molar-refractivity contribution in [3.63, 3.8) is 0 Å². The van der Waals surface area contributed by atoms with E-state index in [1.807, 2.05) is 0 Å². The monoisotopic (exact) mass is 227 g/mol. The summed E-state index contributed by atoms with van der Waals surface area (Å²) in [5.74, 6) is 0.423. The third-order valence-corrected chi connectivity index (χ3v) is 2.69. The lowest BCUT2D eigenvalue weighted by molar-refractivity contribution is 0.0952. The molecule has 5 heteroatoms. The van der Waals surface area contributed by atoms with Crippen LogP contribution < -0.4 is 5.32 Å². The Balaban J connectivity index is 2.60. The van der Waals surface area contributed by atoms with Crippen LogP contribution in [0, 0.1) is 5.92 Å². The van der Waals surface area contributed by atoms with Crippen LogP contribution >= 0.6 is 11.5 Å². The minimum Gasteiger partial charge on any atom is -0.351 e. The Morgan fingerprint density at radius 2 is 2.27 bits per heavy atom. The van der Waals surface area contributed by atoms with Gasteiger partial charge in [-0.1, -0.05) is 31.7 Å². The molecule has 0 saturated carbocycles. The Morgan fingerprint density at radius 1 is 1.53 bits per heavy atom. The maximum absolute atomic E-state index is 11.7. The molecule has 0 atom stereocenters. The molecular weight excluding hydrogens is 210 g/mol. The third kappa shape index (κ3) is 3.58. The van der Waals surface area contributed by atoms with Crippen LogP contribution in [0.2, 0.25) is 0 Å². The number of rotatable bonds is 5. The molecule has 1 aromatic rings. The van der Waals surface area contributed by atoms with E-state index in [4.69, 9.17) is 0 Å². The van der Waals surface area contributed by atoms with E-state index in [0.717, 1.165) is 18.5 Å². The molecule has 0 aliphatic heterocycles. The number of hydrogen-bond donors (Lipinski definition) is 1. The van der Waals surface area contributed by atoms with Crippen molar-refractivity contribution in [2.75, 3.05) is 6.54 Å². The standard InChI is InChI=1S/C10H17N3OS/c1-4-5-8-9(15-13-12-8)10(14)11-6-7(2)3/h7H,4-6H2,1-3H3,(H,11,14). The van der Waals surface area contributed by atoms with Gasteiger partial charge in [-0.05, 0) is 23.9 Å². The fourth-order valence-corrected chi connectivity index (χ4v) is 1.78. The molecule has 84 valence electrons. The van der Waals surface area contributed by atoms with E-state index >= 15 is 0 Å². The highest BCUT2D eigenvalue weighted by molar-refractivity contribution is 7.08. The maximum Gasteiger partial charge on any atom is 0.264 e. The minimum atomic E-state index is -0.0397. The molecule has 1 N–H and O–H groups in total. The third-order valence-electron chi connectivity index (χ3n) is 1.92. The predicted molar refractivity (Wildman–Crippen MR) is 61.1 cm³/mol. The van der Waals surface area contributed by atoms with Crippen LogP contribution in [0.4, 0.5) is 0 Å². The van der Waals surface area contributed by atoms with Gasteiger partial charge in [0.25, 0.3) is 5.91 Å². The minimum absolute atomic E-state index is 0.0397. The van der Waals surface area contributed by atoms with Crippen molar-refractivity contribution < 1.29 is 4.79 Å². The highest BCUT2D eigenvalue weighted by Gasteiger charge is 2.15. The van der Waals surface area contributed by atoms with E-state index < -0.39 is 0 Å². The molecule has 0 aromatic carbocycles. The van der Waals surface area contributed by atoms with Gasteiger partial charge in [0, 0.05) is 6.54 Å². The van der Waals surface area contributed by atoms with Crippen LogP contribution in [0.1, 0.15) is 42.6 Å². The van der Waals surface area contributed by atoms with Crippen LogP contribution in [0.15, 0.2) is 0 Å². The Hall–Kier alpha value is -0.970. The van der Waals surface area contributed by atoms with E-state index in [1.165, 1.54) is 11.5 Å². The summed E-state index contributed by atoms with van der Waals surface area (Å²) >= 11 is 1.18. The van der Waals surface area contributed by atoms with Crippen molar-refractivity contribution in [3.8, 4) is 0 Å². The normalized spacial score (nSPS) is 10.7. The average Bonchev–Trinajstić information content (AvgIpc) is 2.63. The Labute approximate surface area is 94.3 Å². The highest BCUT2D eigenvalue weighted by Crippen LogP contribution is 2.12. The fourth-order valence-electron chi connectivity index (χ4n) is 1.16. The topological polar surface area (TPSA) is 54.9 Å². The van der Waals surface area contributed by atoms with Gasteiger partial charge < -0.3 is 5.32 Å². The number of hydrogen-bond acceptors (Lipinski definition) is 4. The summed E-state index contributed by atoms with van der Waals surface area (Å²) in [6.45, 7) is 6.90. The van der Waals surface area contributed by atoms with E-state index in [-0.39, 0.29) is 5.91 Å². The number of amides is 1. The van der Waals surface area contributed by atoms with Crippen molar-refractivity contribution in [1.82, 2.24) is 14.9 Å². The number of carbonyl (C=O) groups is 1. The summed E-state index contributed by atoms with van der Waals surface area (Å²) in [6.07, 6.45) is 1.80. The van der Waals surface area contributed by atoms with Gasteiger partial charge in [-0.15, -0.1) is 5.10 Å². The average molecular weight is 227 g/mol. The van der Waals surface area contributed by atoms with Gasteiger partial charge in [0.05, 0.1) is 5.69 Å². The number of aromatic nitrogens is 2. The summed E-state index contributed by atoms with van der Waals surface area (Å²) in [6, 6.07) is 0. The van der Waals surface area contributed by atoms with Gasteiger partial charge in [0.1, 0.15) is 4.88 Å². The van der Waals surface area contributed by atoms with Gasteiger partial charge in [-0.3, -0.25) is 4.79 Å². The van der Waals surface area contributed by atoms with Gasteiger partial charge in [0.2, 0.25) is 0 Å². The number of nitrogens with one attached hydrogen (secondary N) is 1. The van der Waals surface area contributed by atoms with Crippen molar-refractivity contribution in [3.05, 3.63) is 10.6 Å². The first kappa shape index (κ1) is 12.1. The zero-order chi connectivity index (χ0) is 11.3. The highest BCUT2D eigenvalue weighted by atomic mass is 32.1. The number of nitrogens with zero attached hydrogens (tertiary/aromatic N) is 2. The summed E-state index contributed by atoms with van der Waals surface area (Å²) in [7, 11) is 0.